The Morgan fingerprint density at radius 3 is 2.43 bits per heavy atom. The molecule has 0 aromatic heterocycles. The highest BCUT2D eigenvalue weighted by molar-refractivity contribution is 5.94. The minimum Gasteiger partial charge on any atom is -0.295 e. The smallest absolute Gasteiger partial charge is 0.216 e. The van der Waals surface area contributed by atoms with Crippen LogP contribution in [0.4, 0.5) is 0 Å². The molecule has 0 spiro atoms. The number of Topliss-reactive ketones (excluding diaryl/α,β-unsaturated/α-hetero) is 1. The van der Waals surface area contributed by atoms with Crippen LogP contribution in [-0.4, -0.2) is 16.7 Å². The fourth-order valence-electron chi connectivity index (χ4n) is 6.59. The molecule has 0 aromatic carbocycles. The number of nitrogens with zero attached hydrogens (tertiary/aromatic N) is 1. The minimum absolute atomic E-state index is 0.0189. The van der Waals surface area contributed by atoms with Gasteiger partial charge in [-0.2, -0.15) is 0 Å². The lowest BCUT2D eigenvalue weighted by Crippen LogP contribution is -2.41. The van der Waals surface area contributed by atoms with Crippen molar-refractivity contribution in [3.63, 3.8) is 0 Å². The molecule has 8 unspecified atom stereocenters. The minimum atomic E-state index is -0.272. The van der Waals surface area contributed by atoms with Crippen molar-refractivity contribution in [3.8, 4) is 0 Å². The Bertz CT molecular complexity index is 528. The van der Waals surface area contributed by atoms with Crippen LogP contribution in [-0.2, 0) is 4.79 Å². The van der Waals surface area contributed by atoms with Crippen LogP contribution in [0.1, 0.15) is 39.0 Å². The standard InChI is InChI=1S/C17H23NO3/c1-8(2)15(19)7-9-3-10-4-12(9)16-11-5-13(17(10)16)14(6-11)18(20)21/h9-14,16-17H,1,3-7H2,2H3. The third-order valence-corrected chi connectivity index (χ3v) is 7.12. The van der Waals surface area contributed by atoms with Gasteiger partial charge >= 0.3 is 0 Å². The monoisotopic (exact) mass is 289 g/mol. The summed E-state index contributed by atoms with van der Waals surface area (Å²) in [5.41, 5.74) is 0.677. The predicted molar refractivity (Wildman–Crippen MR) is 78.1 cm³/mol. The zero-order valence-corrected chi connectivity index (χ0v) is 12.5. The number of nitro groups is 1. The lowest BCUT2D eigenvalue weighted by atomic mass is 9.65. The zero-order valence-electron chi connectivity index (χ0n) is 12.5. The fraction of sp³-hybridized carbons (Fsp3) is 0.824. The predicted octanol–water partition coefficient (Wildman–Crippen LogP) is 3.10. The molecule has 0 heterocycles. The van der Waals surface area contributed by atoms with Gasteiger partial charge in [-0.3, -0.25) is 14.9 Å². The van der Waals surface area contributed by atoms with Gasteiger partial charge in [0.05, 0.1) is 0 Å². The lowest BCUT2D eigenvalue weighted by molar-refractivity contribution is -0.533. The second-order valence-electron chi connectivity index (χ2n) is 7.97. The molecule has 0 aliphatic heterocycles. The van der Waals surface area contributed by atoms with E-state index in [9.17, 15) is 14.9 Å². The summed E-state index contributed by atoms with van der Waals surface area (Å²) in [5, 5.41) is 11.2. The molecule has 4 saturated carbocycles. The van der Waals surface area contributed by atoms with E-state index in [1.165, 1.54) is 6.42 Å². The van der Waals surface area contributed by atoms with Crippen molar-refractivity contribution in [2.45, 2.75) is 45.1 Å². The maximum Gasteiger partial charge on any atom is 0.216 e. The quantitative estimate of drug-likeness (QED) is 0.346. The van der Waals surface area contributed by atoms with Gasteiger partial charge in [-0.25, -0.2) is 0 Å². The number of carbonyl (C=O) groups excluding carboxylic acids is 1. The third-order valence-electron chi connectivity index (χ3n) is 7.12. The largest absolute Gasteiger partial charge is 0.295 e. The van der Waals surface area contributed by atoms with Crippen LogP contribution in [0.5, 0.6) is 0 Å². The van der Waals surface area contributed by atoms with Crippen LogP contribution in [0.2, 0.25) is 0 Å². The van der Waals surface area contributed by atoms with Gasteiger partial charge in [0, 0.05) is 23.7 Å². The molecule has 4 heteroatoms. The normalized spacial score (nSPS) is 49.4. The molecule has 8 atom stereocenters. The van der Waals surface area contributed by atoms with Crippen molar-refractivity contribution in [2.24, 2.45) is 41.4 Å². The van der Waals surface area contributed by atoms with Crippen LogP contribution < -0.4 is 0 Å². The van der Waals surface area contributed by atoms with Crippen molar-refractivity contribution in [1.82, 2.24) is 0 Å². The molecular weight excluding hydrogens is 266 g/mol. The van der Waals surface area contributed by atoms with Crippen molar-refractivity contribution >= 4 is 5.78 Å². The molecule has 21 heavy (non-hydrogen) atoms. The van der Waals surface area contributed by atoms with Crippen LogP contribution >= 0.6 is 0 Å². The molecule has 0 N–H and O–H groups in total. The number of ketones is 1. The molecule has 0 amide bonds. The van der Waals surface area contributed by atoms with Gasteiger partial charge in [0.15, 0.2) is 5.78 Å². The fourth-order valence-corrected chi connectivity index (χ4v) is 6.59. The van der Waals surface area contributed by atoms with Crippen molar-refractivity contribution in [2.75, 3.05) is 0 Å². The SMILES string of the molecule is C=C(C)C(=O)CC1CC2CC1C1C3CC(C21)C([N+](=O)[O-])C3. The summed E-state index contributed by atoms with van der Waals surface area (Å²) in [6, 6.07) is -0.272. The van der Waals surface area contributed by atoms with Crippen LogP contribution in [0.15, 0.2) is 12.2 Å². The van der Waals surface area contributed by atoms with E-state index in [-0.39, 0.29) is 16.7 Å². The summed E-state index contributed by atoms with van der Waals surface area (Å²) in [7, 11) is 0. The first-order chi connectivity index (χ1) is 9.97. The van der Waals surface area contributed by atoms with Crippen molar-refractivity contribution < 1.29 is 9.72 Å². The van der Waals surface area contributed by atoms with E-state index in [1.54, 1.807) is 6.92 Å². The summed E-state index contributed by atoms with van der Waals surface area (Å²) in [6.45, 7) is 5.57. The number of fused-ring (bicyclic) bond motifs is 9. The first-order valence-corrected chi connectivity index (χ1v) is 8.29. The van der Waals surface area contributed by atoms with E-state index in [4.69, 9.17) is 0 Å². The van der Waals surface area contributed by atoms with Gasteiger partial charge < -0.3 is 0 Å². The van der Waals surface area contributed by atoms with Crippen molar-refractivity contribution in [1.29, 1.82) is 0 Å². The van der Waals surface area contributed by atoms with E-state index >= 15 is 0 Å². The molecule has 0 radical (unpaired) electrons. The molecule has 4 fully saturated rings. The highest BCUT2D eigenvalue weighted by Gasteiger charge is 2.67. The molecule has 4 nitrogen and oxygen atoms in total. The van der Waals surface area contributed by atoms with Gasteiger partial charge in [0.2, 0.25) is 6.04 Å². The maximum absolute atomic E-state index is 12.0. The highest BCUT2D eigenvalue weighted by atomic mass is 16.6. The first kappa shape index (κ1) is 13.5. The van der Waals surface area contributed by atoms with E-state index in [1.807, 2.05) is 0 Å². The molecule has 114 valence electrons. The molecule has 0 saturated heterocycles. The number of carbonyl (C=O) groups is 1. The zero-order chi connectivity index (χ0) is 14.9. The second kappa shape index (κ2) is 4.40. The molecule has 0 aromatic rings. The number of rotatable bonds is 4. The average Bonchev–Trinajstić information content (AvgIpc) is 3.15. The van der Waals surface area contributed by atoms with Gasteiger partial charge in [-0.05, 0) is 67.3 Å². The van der Waals surface area contributed by atoms with Crippen LogP contribution in [0.3, 0.4) is 0 Å². The summed E-state index contributed by atoms with van der Waals surface area (Å²) >= 11 is 0. The van der Waals surface area contributed by atoms with E-state index in [0.717, 1.165) is 19.3 Å². The van der Waals surface area contributed by atoms with Gasteiger partial charge in [0.25, 0.3) is 0 Å². The van der Waals surface area contributed by atoms with E-state index in [0.29, 0.717) is 53.4 Å². The van der Waals surface area contributed by atoms with Crippen LogP contribution in [0.25, 0.3) is 0 Å². The second-order valence-corrected chi connectivity index (χ2v) is 7.97. The van der Waals surface area contributed by atoms with Gasteiger partial charge in [-0.1, -0.05) is 6.58 Å². The summed E-state index contributed by atoms with van der Waals surface area (Å²) in [6.07, 6.45) is 4.88. The van der Waals surface area contributed by atoms with Crippen LogP contribution in [0, 0.1) is 51.5 Å². The number of hydrogen-bond donors (Lipinski definition) is 0. The third kappa shape index (κ3) is 1.77. The Balaban J connectivity index is 1.51. The highest BCUT2D eigenvalue weighted by Crippen LogP contribution is 2.69. The topological polar surface area (TPSA) is 60.2 Å². The molecular formula is C17H23NO3. The lowest BCUT2D eigenvalue weighted by Gasteiger charge is -2.39. The summed E-state index contributed by atoms with van der Waals surface area (Å²) < 4.78 is 0. The number of hydrogen-bond acceptors (Lipinski definition) is 3. The van der Waals surface area contributed by atoms with Crippen molar-refractivity contribution in [3.05, 3.63) is 22.3 Å². The average molecular weight is 289 g/mol. The van der Waals surface area contributed by atoms with Gasteiger partial charge in [-0.15, -0.1) is 0 Å². The number of allylic oxidation sites excluding steroid dienone is 1. The Kier molecular flexibility index (Phi) is 2.82. The Hall–Kier alpha value is -1.19. The molecule has 4 aliphatic rings. The Labute approximate surface area is 125 Å². The van der Waals surface area contributed by atoms with E-state index in [2.05, 4.69) is 6.58 Å². The molecule has 4 rings (SSSR count). The van der Waals surface area contributed by atoms with Gasteiger partial charge in [0.1, 0.15) is 0 Å². The Morgan fingerprint density at radius 2 is 1.76 bits per heavy atom. The first-order valence-electron chi connectivity index (χ1n) is 8.29. The maximum atomic E-state index is 12.0. The summed E-state index contributed by atoms with van der Waals surface area (Å²) in [4.78, 5) is 23.2. The molecule has 4 aliphatic carbocycles. The van der Waals surface area contributed by atoms with E-state index < -0.39 is 0 Å². The molecule has 4 bridgehead atoms. The Morgan fingerprint density at radius 1 is 1.14 bits per heavy atom. The summed E-state index contributed by atoms with van der Waals surface area (Å²) in [5.74, 6) is 4.24.